The van der Waals surface area contributed by atoms with E-state index in [2.05, 4.69) is 41.4 Å². The van der Waals surface area contributed by atoms with Crippen molar-refractivity contribution in [3.8, 4) is 11.5 Å². The van der Waals surface area contributed by atoms with Crippen molar-refractivity contribution in [2.75, 3.05) is 14.2 Å². The summed E-state index contributed by atoms with van der Waals surface area (Å²) in [6.45, 7) is 0.511. The molecule has 4 heteroatoms. The third-order valence-electron chi connectivity index (χ3n) is 3.92. The summed E-state index contributed by atoms with van der Waals surface area (Å²) in [4.78, 5) is 4.16. The molecular formula is C22H22NO2P. The standard InChI is InChI=1S/C22H22NO2P/c1-23-15-18-11-6-7-13-20(18)26-21-14-8-12-19(24-2)22(21)25-16-17-9-4-3-5-10-17/h3-15,26H,16H2,1-2H3/b23-15+. The van der Waals surface area contributed by atoms with Crippen molar-refractivity contribution >= 4 is 25.4 Å². The highest BCUT2D eigenvalue weighted by Crippen LogP contribution is 2.30. The van der Waals surface area contributed by atoms with Crippen molar-refractivity contribution in [3.05, 3.63) is 83.9 Å². The zero-order valence-electron chi connectivity index (χ0n) is 15.0. The van der Waals surface area contributed by atoms with E-state index in [1.807, 2.05) is 42.6 Å². The Morgan fingerprint density at radius 1 is 0.885 bits per heavy atom. The Balaban J connectivity index is 1.90. The van der Waals surface area contributed by atoms with E-state index in [1.165, 1.54) is 5.30 Å². The van der Waals surface area contributed by atoms with Crippen LogP contribution in [0.1, 0.15) is 11.1 Å². The van der Waals surface area contributed by atoms with Gasteiger partial charge in [0.2, 0.25) is 0 Å². The molecule has 3 aromatic rings. The normalized spacial score (nSPS) is 11.3. The van der Waals surface area contributed by atoms with Gasteiger partial charge in [0.1, 0.15) is 6.61 Å². The molecular weight excluding hydrogens is 341 g/mol. The van der Waals surface area contributed by atoms with Crippen LogP contribution in [-0.2, 0) is 6.61 Å². The minimum atomic E-state index is 0.455. The summed E-state index contributed by atoms with van der Waals surface area (Å²) < 4.78 is 11.7. The van der Waals surface area contributed by atoms with Crippen molar-refractivity contribution in [3.63, 3.8) is 0 Å². The van der Waals surface area contributed by atoms with Gasteiger partial charge in [0.05, 0.1) is 7.11 Å². The van der Waals surface area contributed by atoms with Gasteiger partial charge in [-0.2, -0.15) is 0 Å². The van der Waals surface area contributed by atoms with Gasteiger partial charge in [-0.25, -0.2) is 0 Å². The lowest BCUT2D eigenvalue weighted by atomic mass is 10.2. The lowest BCUT2D eigenvalue weighted by molar-refractivity contribution is 0.287. The Morgan fingerprint density at radius 2 is 1.62 bits per heavy atom. The monoisotopic (exact) mass is 363 g/mol. The summed E-state index contributed by atoms with van der Waals surface area (Å²) in [6.07, 6.45) is 1.90. The molecule has 0 heterocycles. The maximum atomic E-state index is 6.17. The average molecular weight is 363 g/mol. The molecule has 0 fully saturated rings. The number of para-hydroxylation sites is 1. The molecule has 0 aliphatic heterocycles. The first-order chi connectivity index (χ1) is 12.8. The van der Waals surface area contributed by atoms with E-state index in [9.17, 15) is 0 Å². The molecule has 3 aromatic carbocycles. The lowest BCUT2D eigenvalue weighted by Gasteiger charge is -2.16. The van der Waals surface area contributed by atoms with E-state index in [0.717, 1.165) is 27.9 Å². The molecule has 132 valence electrons. The van der Waals surface area contributed by atoms with Crippen LogP contribution in [0.15, 0.2) is 77.8 Å². The van der Waals surface area contributed by atoms with Gasteiger partial charge in [-0.1, -0.05) is 75.3 Å². The molecule has 0 aromatic heterocycles. The van der Waals surface area contributed by atoms with E-state index < -0.39 is 0 Å². The van der Waals surface area contributed by atoms with Crippen molar-refractivity contribution < 1.29 is 9.47 Å². The second kappa shape index (κ2) is 9.17. The van der Waals surface area contributed by atoms with E-state index >= 15 is 0 Å². The Hall–Kier alpha value is -2.64. The molecule has 0 aliphatic rings. The second-order valence-corrected chi connectivity index (χ2v) is 7.04. The number of rotatable bonds is 7. The highest BCUT2D eigenvalue weighted by molar-refractivity contribution is 7.56. The highest BCUT2D eigenvalue weighted by Gasteiger charge is 2.13. The summed E-state index contributed by atoms with van der Waals surface area (Å²) in [5, 5.41) is 2.35. The number of aliphatic imine (C=N–C) groups is 1. The quantitative estimate of drug-likeness (QED) is 0.470. The fourth-order valence-electron chi connectivity index (χ4n) is 2.66. The number of methoxy groups -OCH3 is 1. The van der Waals surface area contributed by atoms with Crippen LogP contribution in [0, 0.1) is 0 Å². The number of ether oxygens (including phenoxy) is 2. The van der Waals surface area contributed by atoms with Gasteiger partial charge in [-0.15, -0.1) is 0 Å². The largest absolute Gasteiger partial charge is 0.493 e. The highest BCUT2D eigenvalue weighted by atomic mass is 31.1. The summed E-state index contributed by atoms with van der Waals surface area (Å²) in [5.74, 6) is 1.56. The molecule has 0 N–H and O–H groups in total. The Bertz CT molecular complexity index is 878. The topological polar surface area (TPSA) is 30.8 Å². The Kier molecular flexibility index (Phi) is 6.40. The van der Waals surface area contributed by atoms with E-state index in [1.54, 1.807) is 14.2 Å². The van der Waals surface area contributed by atoms with E-state index in [4.69, 9.17) is 9.47 Å². The first-order valence-corrected chi connectivity index (χ1v) is 9.43. The number of hydrogen-bond donors (Lipinski definition) is 0. The molecule has 3 nitrogen and oxygen atoms in total. The fraction of sp³-hybridized carbons (Fsp3) is 0.136. The average Bonchev–Trinajstić information content (AvgIpc) is 2.69. The molecule has 0 bridgehead atoms. The number of benzene rings is 3. The Morgan fingerprint density at radius 3 is 2.38 bits per heavy atom. The SMILES string of the molecule is C/N=C/c1ccccc1Pc1cccc(OC)c1OCc1ccccc1. The van der Waals surface area contributed by atoms with Crippen molar-refractivity contribution in [1.29, 1.82) is 0 Å². The van der Waals surface area contributed by atoms with Gasteiger partial charge >= 0.3 is 0 Å². The molecule has 1 atom stereocenters. The van der Waals surface area contributed by atoms with Crippen LogP contribution in [0.4, 0.5) is 0 Å². The summed E-state index contributed by atoms with van der Waals surface area (Å²) in [5.41, 5.74) is 2.26. The number of nitrogens with zero attached hydrogens (tertiary/aromatic N) is 1. The van der Waals surface area contributed by atoms with Crippen LogP contribution < -0.4 is 20.1 Å². The van der Waals surface area contributed by atoms with Crippen LogP contribution >= 0.6 is 8.58 Å². The molecule has 3 rings (SSSR count). The summed E-state index contributed by atoms with van der Waals surface area (Å²) in [7, 11) is 3.92. The van der Waals surface area contributed by atoms with Gasteiger partial charge in [-0.05, 0) is 22.5 Å². The van der Waals surface area contributed by atoms with Crippen molar-refractivity contribution in [1.82, 2.24) is 0 Å². The first kappa shape index (κ1) is 18.2. The lowest BCUT2D eigenvalue weighted by Crippen LogP contribution is -2.12. The van der Waals surface area contributed by atoms with Crippen LogP contribution in [0.5, 0.6) is 11.5 Å². The van der Waals surface area contributed by atoms with Crippen molar-refractivity contribution in [2.24, 2.45) is 4.99 Å². The maximum Gasteiger partial charge on any atom is 0.169 e. The first-order valence-electron chi connectivity index (χ1n) is 8.43. The molecule has 0 amide bonds. The summed E-state index contributed by atoms with van der Waals surface area (Å²) >= 11 is 0. The van der Waals surface area contributed by atoms with E-state index in [-0.39, 0.29) is 0 Å². The predicted molar refractivity (Wildman–Crippen MR) is 111 cm³/mol. The molecule has 1 unspecified atom stereocenters. The molecule has 0 aliphatic carbocycles. The second-order valence-electron chi connectivity index (χ2n) is 5.71. The van der Waals surface area contributed by atoms with Crippen LogP contribution in [0.2, 0.25) is 0 Å². The molecule has 0 saturated carbocycles. The number of hydrogen-bond acceptors (Lipinski definition) is 3. The van der Waals surface area contributed by atoms with Gasteiger partial charge in [0.15, 0.2) is 11.5 Å². The van der Waals surface area contributed by atoms with Crippen LogP contribution in [-0.4, -0.2) is 20.4 Å². The third kappa shape index (κ3) is 4.50. The fourth-order valence-corrected chi connectivity index (χ4v) is 3.91. The van der Waals surface area contributed by atoms with Gasteiger partial charge in [0.25, 0.3) is 0 Å². The van der Waals surface area contributed by atoms with E-state index in [0.29, 0.717) is 15.2 Å². The summed E-state index contributed by atoms with van der Waals surface area (Å²) in [6, 6.07) is 24.5. The van der Waals surface area contributed by atoms with Crippen molar-refractivity contribution in [2.45, 2.75) is 6.61 Å². The molecule has 0 spiro atoms. The molecule has 0 radical (unpaired) electrons. The van der Waals surface area contributed by atoms with Gasteiger partial charge < -0.3 is 9.47 Å². The third-order valence-corrected chi connectivity index (χ3v) is 5.31. The minimum absolute atomic E-state index is 0.455. The zero-order chi connectivity index (χ0) is 18.2. The van der Waals surface area contributed by atoms with Crippen LogP contribution in [0.3, 0.4) is 0 Å². The van der Waals surface area contributed by atoms with Gasteiger partial charge in [-0.3, -0.25) is 4.99 Å². The molecule has 0 saturated heterocycles. The van der Waals surface area contributed by atoms with Crippen LogP contribution in [0.25, 0.3) is 0 Å². The molecule has 26 heavy (non-hydrogen) atoms. The smallest absolute Gasteiger partial charge is 0.169 e. The predicted octanol–water partition coefficient (Wildman–Crippen LogP) is 3.95. The zero-order valence-corrected chi connectivity index (χ0v) is 16.0. The minimum Gasteiger partial charge on any atom is -0.493 e. The maximum absolute atomic E-state index is 6.17. The Labute approximate surface area is 156 Å². The van der Waals surface area contributed by atoms with Gasteiger partial charge in [0, 0.05) is 18.6 Å².